The maximum atomic E-state index is 11.6. The van der Waals surface area contributed by atoms with Crippen LogP contribution in [0.2, 0.25) is 0 Å². The number of carboxylic acids is 1. The number of aliphatic carboxylic acids is 1. The Labute approximate surface area is 115 Å². The van der Waals surface area contributed by atoms with E-state index in [2.05, 4.69) is 15.5 Å². The molecular weight excluding hydrogens is 264 g/mol. The van der Waals surface area contributed by atoms with E-state index in [-0.39, 0.29) is 18.2 Å². The molecule has 2 N–H and O–H groups in total. The van der Waals surface area contributed by atoms with Gasteiger partial charge in [0, 0.05) is 13.1 Å². The smallest absolute Gasteiger partial charge is 0.328 e. The maximum Gasteiger partial charge on any atom is 0.328 e. The molecule has 2 heterocycles. The van der Waals surface area contributed by atoms with E-state index in [9.17, 15) is 9.59 Å². The molecule has 0 radical (unpaired) electrons. The Hall–Kier alpha value is -2.22. The van der Waals surface area contributed by atoms with Gasteiger partial charge in [-0.05, 0) is 19.1 Å². The Balaban J connectivity index is 2.15. The molecule has 1 aliphatic rings. The number of rotatable bonds is 4. The van der Waals surface area contributed by atoms with Crippen LogP contribution in [-0.4, -0.2) is 59.5 Å². The molecule has 8 heteroatoms. The zero-order valence-corrected chi connectivity index (χ0v) is 11.1. The number of carbonyl (C=O) groups is 2. The lowest BCUT2D eigenvalue weighted by molar-refractivity contribution is -0.141. The Kier molecular flexibility index (Phi) is 4.46. The average molecular weight is 280 g/mol. The molecule has 2 rings (SSSR count). The first-order valence-corrected chi connectivity index (χ1v) is 6.32. The Morgan fingerprint density at radius 3 is 2.90 bits per heavy atom. The zero-order chi connectivity index (χ0) is 14.5. The number of hydrogen-bond donors (Lipinski definition) is 2. The van der Waals surface area contributed by atoms with Crippen LogP contribution >= 0.6 is 0 Å². The molecule has 0 bridgehead atoms. The van der Waals surface area contributed by atoms with Crippen LogP contribution in [-0.2, 0) is 9.53 Å². The van der Waals surface area contributed by atoms with E-state index in [1.807, 2.05) is 6.92 Å². The van der Waals surface area contributed by atoms with E-state index in [4.69, 9.17) is 9.84 Å². The fourth-order valence-electron chi connectivity index (χ4n) is 1.93. The molecule has 108 valence electrons. The van der Waals surface area contributed by atoms with Crippen molar-refractivity contribution in [3.8, 4) is 0 Å². The van der Waals surface area contributed by atoms with Gasteiger partial charge in [-0.15, -0.1) is 10.2 Å². The predicted octanol–water partition coefficient (Wildman–Crippen LogP) is -0.484. The van der Waals surface area contributed by atoms with Gasteiger partial charge >= 0.3 is 5.97 Å². The molecule has 1 fully saturated rings. The summed E-state index contributed by atoms with van der Waals surface area (Å²) in [6.45, 7) is 3.28. The number of hydrogen-bond acceptors (Lipinski definition) is 6. The predicted molar refractivity (Wildman–Crippen MR) is 69.6 cm³/mol. The van der Waals surface area contributed by atoms with Crippen LogP contribution in [0.3, 0.4) is 0 Å². The third-order valence-corrected chi connectivity index (χ3v) is 2.93. The van der Waals surface area contributed by atoms with Crippen molar-refractivity contribution in [1.82, 2.24) is 15.5 Å². The minimum Gasteiger partial charge on any atom is -0.480 e. The first-order chi connectivity index (χ1) is 9.63. The molecule has 1 aromatic heterocycles. The zero-order valence-electron chi connectivity index (χ0n) is 11.1. The van der Waals surface area contributed by atoms with Crippen LogP contribution in [0.15, 0.2) is 12.1 Å². The van der Waals surface area contributed by atoms with E-state index < -0.39 is 12.0 Å². The molecule has 1 unspecified atom stereocenters. The van der Waals surface area contributed by atoms with Gasteiger partial charge in [-0.2, -0.15) is 0 Å². The topological polar surface area (TPSA) is 105 Å². The molecule has 0 spiro atoms. The number of ether oxygens (including phenoxy) is 1. The SMILES string of the molecule is CCNC(=O)c1ccc(N2CCOCC2C(=O)O)nn1. The summed E-state index contributed by atoms with van der Waals surface area (Å²) < 4.78 is 5.15. The highest BCUT2D eigenvalue weighted by atomic mass is 16.5. The van der Waals surface area contributed by atoms with E-state index in [1.165, 1.54) is 6.07 Å². The lowest BCUT2D eigenvalue weighted by Crippen LogP contribution is -2.50. The van der Waals surface area contributed by atoms with Gasteiger partial charge in [-0.3, -0.25) is 4.79 Å². The fourth-order valence-corrected chi connectivity index (χ4v) is 1.93. The number of morpholine rings is 1. The summed E-state index contributed by atoms with van der Waals surface area (Å²) in [6, 6.07) is 2.34. The van der Waals surface area contributed by atoms with Crippen molar-refractivity contribution < 1.29 is 19.4 Å². The van der Waals surface area contributed by atoms with Gasteiger partial charge < -0.3 is 20.1 Å². The number of carbonyl (C=O) groups excluding carboxylic acids is 1. The van der Waals surface area contributed by atoms with Gasteiger partial charge in [0.2, 0.25) is 0 Å². The highest BCUT2D eigenvalue weighted by Gasteiger charge is 2.30. The van der Waals surface area contributed by atoms with Gasteiger partial charge in [-0.25, -0.2) is 4.79 Å². The van der Waals surface area contributed by atoms with Crippen LogP contribution in [0.1, 0.15) is 17.4 Å². The van der Waals surface area contributed by atoms with Crippen molar-refractivity contribution in [2.75, 3.05) is 31.2 Å². The number of nitrogens with one attached hydrogen (secondary N) is 1. The van der Waals surface area contributed by atoms with E-state index in [1.54, 1.807) is 11.0 Å². The van der Waals surface area contributed by atoms with Crippen molar-refractivity contribution in [2.45, 2.75) is 13.0 Å². The Morgan fingerprint density at radius 1 is 1.50 bits per heavy atom. The molecule has 1 aromatic rings. The van der Waals surface area contributed by atoms with Gasteiger partial charge in [0.1, 0.15) is 0 Å². The summed E-state index contributed by atoms with van der Waals surface area (Å²) in [5.41, 5.74) is 0.204. The summed E-state index contributed by atoms with van der Waals surface area (Å²) >= 11 is 0. The number of nitrogens with zero attached hydrogens (tertiary/aromatic N) is 3. The molecule has 8 nitrogen and oxygen atoms in total. The average Bonchev–Trinajstić information content (AvgIpc) is 2.47. The summed E-state index contributed by atoms with van der Waals surface area (Å²) in [7, 11) is 0. The minimum absolute atomic E-state index is 0.106. The molecule has 0 aliphatic carbocycles. The molecule has 0 saturated carbocycles. The quantitative estimate of drug-likeness (QED) is 0.767. The lowest BCUT2D eigenvalue weighted by atomic mass is 10.2. The van der Waals surface area contributed by atoms with Crippen LogP contribution in [0.4, 0.5) is 5.82 Å². The number of carboxylic acid groups (broad SMARTS) is 1. The number of aromatic nitrogens is 2. The Bertz CT molecular complexity index is 491. The van der Waals surface area contributed by atoms with Gasteiger partial charge in [0.25, 0.3) is 5.91 Å². The lowest BCUT2D eigenvalue weighted by Gasteiger charge is -2.33. The van der Waals surface area contributed by atoms with E-state index in [0.717, 1.165) is 0 Å². The second-order valence-corrected chi connectivity index (χ2v) is 4.26. The summed E-state index contributed by atoms with van der Waals surface area (Å²) in [4.78, 5) is 24.3. The fraction of sp³-hybridized carbons (Fsp3) is 0.500. The van der Waals surface area contributed by atoms with Gasteiger partial charge in [-0.1, -0.05) is 0 Å². The van der Waals surface area contributed by atoms with E-state index in [0.29, 0.717) is 25.5 Å². The van der Waals surface area contributed by atoms with Crippen molar-refractivity contribution in [3.05, 3.63) is 17.8 Å². The second-order valence-electron chi connectivity index (χ2n) is 4.26. The van der Waals surface area contributed by atoms with Crippen LogP contribution in [0.25, 0.3) is 0 Å². The molecule has 1 saturated heterocycles. The first-order valence-electron chi connectivity index (χ1n) is 6.32. The van der Waals surface area contributed by atoms with Gasteiger partial charge in [0.05, 0.1) is 13.2 Å². The highest BCUT2D eigenvalue weighted by Crippen LogP contribution is 2.16. The molecule has 1 aliphatic heterocycles. The Morgan fingerprint density at radius 2 is 2.30 bits per heavy atom. The largest absolute Gasteiger partial charge is 0.480 e. The van der Waals surface area contributed by atoms with Crippen LogP contribution in [0, 0.1) is 0 Å². The standard InChI is InChI=1S/C12H16N4O4/c1-2-13-11(17)8-3-4-10(15-14-8)16-5-6-20-7-9(16)12(18)19/h3-4,9H,2,5-7H2,1H3,(H,13,17)(H,18,19). The third kappa shape index (κ3) is 3.02. The monoisotopic (exact) mass is 280 g/mol. The van der Waals surface area contributed by atoms with Gasteiger partial charge in [0.15, 0.2) is 17.6 Å². The molecular formula is C12H16N4O4. The molecule has 0 aromatic carbocycles. The third-order valence-electron chi connectivity index (χ3n) is 2.93. The number of anilines is 1. The van der Waals surface area contributed by atoms with Crippen LogP contribution < -0.4 is 10.2 Å². The van der Waals surface area contributed by atoms with E-state index >= 15 is 0 Å². The van der Waals surface area contributed by atoms with Crippen molar-refractivity contribution >= 4 is 17.7 Å². The summed E-state index contributed by atoms with van der Waals surface area (Å²) in [5, 5.41) is 19.5. The van der Waals surface area contributed by atoms with Crippen molar-refractivity contribution in [1.29, 1.82) is 0 Å². The minimum atomic E-state index is -0.973. The second kappa shape index (κ2) is 6.29. The molecule has 1 atom stereocenters. The highest BCUT2D eigenvalue weighted by molar-refractivity contribution is 5.92. The maximum absolute atomic E-state index is 11.6. The van der Waals surface area contributed by atoms with Crippen molar-refractivity contribution in [2.24, 2.45) is 0 Å². The van der Waals surface area contributed by atoms with Crippen molar-refractivity contribution in [3.63, 3.8) is 0 Å². The first kappa shape index (κ1) is 14.2. The number of amides is 1. The summed E-state index contributed by atoms with van der Waals surface area (Å²) in [6.07, 6.45) is 0. The normalized spacial score (nSPS) is 18.6. The molecule has 1 amide bonds. The summed E-state index contributed by atoms with van der Waals surface area (Å²) in [5.74, 6) is -0.851. The molecule has 20 heavy (non-hydrogen) atoms. The van der Waals surface area contributed by atoms with Crippen LogP contribution in [0.5, 0.6) is 0 Å².